The maximum atomic E-state index is 12.4. The number of rotatable bonds is 5. The lowest BCUT2D eigenvalue weighted by Gasteiger charge is -1.99. The Hall–Kier alpha value is -2.95. The Kier molecular flexibility index (Phi) is 4.89. The zero-order chi connectivity index (χ0) is 18.7. The molecular formula is C14H10ClF3N6O2. The van der Waals surface area contributed by atoms with Gasteiger partial charge in [0, 0.05) is 23.4 Å². The second-order valence-electron chi connectivity index (χ2n) is 5.07. The molecule has 0 aliphatic carbocycles. The van der Waals surface area contributed by atoms with Crippen LogP contribution in [-0.4, -0.2) is 31.2 Å². The van der Waals surface area contributed by atoms with Gasteiger partial charge in [-0.15, -0.1) is 5.10 Å². The molecule has 0 aliphatic rings. The Morgan fingerprint density at radius 1 is 1.23 bits per heavy atom. The van der Waals surface area contributed by atoms with Crippen molar-refractivity contribution in [3.8, 4) is 11.4 Å². The predicted octanol–water partition coefficient (Wildman–Crippen LogP) is 3.10. The zero-order valence-electron chi connectivity index (χ0n) is 12.8. The van der Waals surface area contributed by atoms with Crippen molar-refractivity contribution in [3.05, 3.63) is 41.0 Å². The normalized spacial score (nSPS) is 11.5. The number of nitrogens with one attached hydrogen (secondary N) is 2. The van der Waals surface area contributed by atoms with E-state index in [2.05, 4.69) is 25.5 Å². The van der Waals surface area contributed by atoms with E-state index in [1.165, 1.54) is 0 Å². The van der Waals surface area contributed by atoms with E-state index in [0.717, 1.165) is 0 Å². The van der Waals surface area contributed by atoms with Crippen LogP contribution in [0.15, 0.2) is 28.8 Å². The van der Waals surface area contributed by atoms with Gasteiger partial charge in [0.2, 0.25) is 29.4 Å². The topological polar surface area (TPSA) is 110 Å². The van der Waals surface area contributed by atoms with Crippen molar-refractivity contribution >= 4 is 23.5 Å². The molecule has 1 aromatic carbocycles. The van der Waals surface area contributed by atoms with Gasteiger partial charge in [0.05, 0.1) is 0 Å². The molecule has 0 saturated heterocycles. The summed E-state index contributed by atoms with van der Waals surface area (Å²) in [6, 6.07) is 6.77. The number of aromatic nitrogens is 5. The van der Waals surface area contributed by atoms with E-state index >= 15 is 0 Å². The molecular weight excluding hydrogens is 377 g/mol. The summed E-state index contributed by atoms with van der Waals surface area (Å²) in [4.78, 5) is 19.0. The molecule has 3 aromatic rings. The Balaban J connectivity index is 1.55. The van der Waals surface area contributed by atoms with E-state index in [9.17, 15) is 18.0 Å². The van der Waals surface area contributed by atoms with E-state index in [-0.39, 0.29) is 18.7 Å². The summed E-state index contributed by atoms with van der Waals surface area (Å²) < 4.78 is 42.2. The molecule has 0 atom stereocenters. The number of H-pyrrole nitrogens is 1. The van der Waals surface area contributed by atoms with Gasteiger partial charge < -0.3 is 4.52 Å². The van der Waals surface area contributed by atoms with Gasteiger partial charge in [-0.05, 0) is 24.3 Å². The third-order valence-electron chi connectivity index (χ3n) is 3.14. The average molecular weight is 387 g/mol. The minimum absolute atomic E-state index is 0.0991. The lowest BCUT2D eigenvalue weighted by molar-refractivity contribution is -0.144. The van der Waals surface area contributed by atoms with E-state index in [1.807, 2.05) is 0 Å². The Labute approximate surface area is 148 Å². The highest BCUT2D eigenvalue weighted by Gasteiger charge is 2.35. The lowest BCUT2D eigenvalue weighted by Crippen LogP contribution is -2.14. The molecule has 2 heterocycles. The number of hydrogen-bond acceptors (Lipinski definition) is 6. The first kappa shape index (κ1) is 17.9. The van der Waals surface area contributed by atoms with Crippen molar-refractivity contribution in [2.45, 2.75) is 19.0 Å². The second-order valence-corrected chi connectivity index (χ2v) is 5.51. The highest BCUT2D eigenvalue weighted by Crippen LogP contribution is 2.26. The first-order valence-corrected chi connectivity index (χ1v) is 7.57. The lowest BCUT2D eigenvalue weighted by atomic mass is 10.2. The Bertz CT molecular complexity index is 906. The summed E-state index contributed by atoms with van der Waals surface area (Å²) in [7, 11) is 0. The molecule has 3 rings (SSSR count). The maximum absolute atomic E-state index is 12.4. The van der Waals surface area contributed by atoms with E-state index in [1.54, 1.807) is 29.4 Å². The van der Waals surface area contributed by atoms with Gasteiger partial charge in [0.15, 0.2) is 0 Å². The summed E-state index contributed by atoms with van der Waals surface area (Å²) in [5.41, 5.74) is 0.689. The summed E-state index contributed by atoms with van der Waals surface area (Å²) in [5, 5.41) is 11.5. The molecule has 0 bridgehead atoms. The van der Waals surface area contributed by atoms with E-state index < -0.39 is 23.9 Å². The monoisotopic (exact) mass is 386 g/mol. The number of amides is 1. The molecule has 0 radical (unpaired) electrons. The van der Waals surface area contributed by atoms with Gasteiger partial charge in [0.25, 0.3) is 0 Å². The number of hydrogen-bond donors (Lipinski definition) is 2. The molecule has 0 saturated carbocycles. The molecule has 0 unspecified atom stereocenters. The molecule has 0 fully saturated rings. The third kappa shape index (κ3) is 4.36. The van der Waals surface area contributed by atoms with Crippen LogP contribution < -0.4 is 5.32 Å². The van der Waals surface area contributed by atoms with Crippen molar-refractivity contribution in [1.82, 2.24) is 25.3 Å². The van der Waals surface area contributed by atoms with Gasteiger partial charge in [-0.1, -0.05) is 16.8 Å². The van der Waals surface area contributed by atoms with Gasteiger partial charge in [-0.25, -0.2) is 0 Å². The number of aromatic amines is 1. The largest absolute Gasteiger partial charge is 0.451 e. The Morgan fingerprint density at radius 2 is 1.96 bits per heavy atom. The Morgan fingerprint density at radius 3 is 2.62 bits per heavy atom. The highest BCUT2D eigenvalue weighted by atomic mass is 35.5. The van der Waals surface area contributed by atoms with Crippen LogP contribution in [0.25, 0.3) is 11.4 Å². The number of alkyl halides is 3. The number of carbonyl (C=O) groups is 1. The van der Waals surface area contributed by atoms with Crippen molar-refractivity contribution in [3.63, 3.8) is 0 Å². The fourth-order valence-electron chi connectivity index (χ4n) is 1.92. The molecule has 26 heavy (non-hydrogen) atoms. The second kappa shape index (κ2) is 7.12. The van der Waals surface area contributed by atoms with Crippen LogP contribution in [-0.2, 0) is 17.4 Å². The molecule has 0 aliphatic heterocycles. The fourth-order valence-corrected chi connectivity index (χ4v) is 2.05. The standard InChI is InChI=1S/C14H10ClF3N6O2/c15-8-3-1-7(2-4-8)11-20-10(26-24-11)6-5-9(25)19-13-21-12(22-23-13)14(16,17)18/h1-4H,5-6H2,(H2,19,21,22,23,25). The number of anilines is 1. The number of carbonyl (C=O) groups excluding carboxylic acids is 1. The number of benzene rings is 1. The van der Waals surface area contributed by atoms with E-state index in [0.29, 0.717) is 16.4 Å². The summed E-state index contributed by atoms with van der Waals surface area (Å²) >= 11 is 5.80. The number of aryl methyl sites for hydroxylation is 1. The quantitative estimate of drug-likeness (QED) is 0.697. The number of halogens is 4. The summed E-state index contributed by atoms with van der Waals surface area (Å²) in [5.74, 6) is -1.81. The highest BCUT2D eigenvalue weighted by molar-refractivity contribution is 6.30. The zero-order valence-corrected chi connectivity index (χ0v) is 13.6. The van der Waals surface area contributed by atoms with Crippen LogP contribution >= 0.6 is 11.6 Å². The fraction of sp³-hybridized carbons (Fsp3) is 0.214. The van der Waals surface area contributed by atoms with Crippen LogP contribution in [0, 0.1) is 0 Å². The van der Waals surface area contributed by atoms with Crippen molar-refractivity contribution < 1.29 is 22.5 Å². The van der Waals surface area contributed by atoms with Crippen LogP contribution in [0.1, 0.15) is 18.1 Å². The van der Waals surface area contributed by atoms with Crippen molar-refractivity contribution in [2.75, 3.05) is 5.32 Å². The smallest absolute Gasteiger partial charge is 0.339 e. The minimum Gasteiger partial charge on any atom is -0.339 e. The summed E-state index contributed by atoms with van der Waals surface area (Å²) in [6.07, 6.45) is -4.67. The van der Waals surface area contributed by atoms with Gasteiger partial charge in [-0.3, -0.25) is 15.2 Å². The van der Waals surface area contributed by atoms with Gasteiger partial charge >= 0.3 is 6.18 Å². The predicted molar refractivity (Wildman–Crippen MR) is 83.1 cm³/mol. The van der Waals surface area contributed by atoms with Crippen LogP contribution in [0.3, 0.4) is 0 Å². The molecule has 2 N–H and O–H groups in total. The number of nitrogens with zero attached hydrogens (tertiary/aromatic N) is 4. The molecule has 8 nitrogen and oxygen atoms in total. The van der Waals surface area contributed by atoms with E-state index in [4.69, 9.17) is 16.1 Å². The third-order valence-corrected chi connectivity index (χ3v) is 3.39. The maximum Gasteiger partial charge on any atom is 0.451 e. The van der Waals surface area contributed by atoms with Crippen LogP contribution in [0.2, 0.25) is 5.02 Å². The first-order valence-electron chi connectivity index (χ1n) is 7.19. The molecule has 1 amide bonds. The van der Waals surface area contributed by atoms with Crippen molar-refractivity contribution in [1.29, 1.82) is 0 Å². The SMILES string of the molecule is O=C(CCc1nc(-c2ccc(Cl)cc2)no1)Nc1n[nH]c(C(F)(F)F)n1. The first-order chi connectivity index (χ1) is 12.3. The average Bonchev–Trinajstić information content (AvgIpc) is 3.22. The molecule has 12 heteroatoms. The van der Waals surface area contributed by atoms with Gasteiger partial charge in [0.1, 0.15) is 0 Å². The van der Waals surface area contributed by atoms with Crippen molar-refractivity contribution in [2.24, 2.45) is 0 Å². The van der Waals surface area contributed by atoms with Crippen LogP contribution in [0.5, 0.6) is 0 Å². The molecule has 136 valence electrons. The molecule has 2 aromatic heterocycles. The van der Waals surface area contributed by atoms with Crippen LogP contribution in [0.4, 0.5) is 19.1 Å². The molecule has 0 spiro atoms. The summed E-state index contributed by atoms with van der Waals surface area (Å²) in [6.45, 7) is 0. The van der Waals surface area contributed by atoms with Gasteiger partial charge in [-0.2, -0.15) is 23.1 Å². The minimum atomic E-state index is -4.67.